The van der Waals surface area contributed by atoms with E-state index in [9.17, 15) is 4.79 Å². The number of para-hydroxylation sites is 1. The lowest BCUT2D eigenvalue weighted by atomic mass is 9.90. The minimum Gasteiger partial charge on any atom is -0.494 e. The molecule has 132 valence electrons. The normalized spacial score (nSPS) is 10.5. The molecule has 3 rings (SSSR count). The summed E-state index contributed by atoms with van der Waals surface area (Å²) in [6.45, 7) is 2.99. The minimum absolute atomic E-state index is 0.0197. The van der Waals surface area contributed by atoms with Crippen LogP contribution in [0.1, 0.15) is 29.5 Å². The molecule has 0 saturated carbocycles. The fraction of sp³-hybridized carbons (Fsp3) is 0.174. The Morgan fingerprint density at radius 1 is 0.846 bits per heavy atom. The quantitative estimate of drug-likeness (QED) is 0.683. The van der Waals surface area contributed by atoms with Crippen molar-refractivity contribution >= 4 is 5.91 Å². The van der Waals surface area contributed by atoms with Gasteiger partial charge in [-0.15, -0.1) is 0 Å². The number of carbonyl (C=O) groups excluding carboxylic acids is 1. The second kappa shape index (κ2) is 8.86. The average Bonchev–Trinajstić information content (AvgIpc) is 2.69. The van der Waals surface area contributed by atoms with E-state index in [0.717, 1.165) is 22.4 Å². The number of rotatable bonds is 7. The molecule has 0 spiro atoms. The molecule has 1 amide bonds. The number of amides is 1. The first-order valence-corrected chi connectivity index (χ1v) is 8.88. The van der Waals surface area contributed by atoms with E-state index in [4.69, 9.17) is 4.74 Å². The Morgan fingerprint density at radius 2 is 1.38 bits per heavy atom. The molecule has 0 aliphatic rings. The Kier molecular flexibility index (Phi) is 6.05. The first-order chi connectivity index (χ1) is 12.8. The van der Waals surface area contributed by atoms with Gasteiger partial charge >= 0.3 is 0 Å². The molecule has 0 saturated heterocycles. The van der Waals surface area contributed by atoms with Gasteiger partial charge < -0.3 is 10.1 Å². The molecule has 3 heteroatoms. The lowest BCUT2D eigenvalue weighted by molar-refractivity contribution is -0.121. The highest BCUT2D eigenvalue weighted by atomic mass is 16.5. The molecule has 0 heterocycles. The molecule has 0 radical (unpaired) electrons. The highest BCUT2D eigenvalue weighted by Gasteiger charge is 2.22. The molecule has 1 N–H and O–H groups in total. The second-order valence-corrected chi connectivity index (χ2v) is 6.01. The van der Waals surface area contributed by atoms with Crippen LogP contribution in [0, 0.1) is 0 Å². The van der Waals surface area contributed by atoms with Crippen molar-refractivity contribution < 1.29 is 9.53 Å². The van der Waals surface area contributed by atoms with Crippen molar-refractivity contribution in [3.8, 4) is 5.75 Å². The van der Waals surface area contributed by atoms with E-state index in [0.29, 0.717) is 13.2 Å². The largest absolute Gasteiger partial charge is 0.494 e. The Balaban J connectivity index is 1.81. The zero-order valence-electron chi connectivity index (χ0n) is 14.9. The summed E-state index contributed by atoms with van der Waals surface area (Å²) in [7, 11) is 0. The van der Waals surface area contributed by atoms with E-state index in [1.807, 2.05) is 91.9 Å². The summed E-state index contributed by atoms with van der Waals surface area (Å²) in [6.07, 6.45) is 0. The summed E-state index contributed by atoms with van der Waals surface area (Å²) in [4.78, 5) is 13.0. The number of hydrogen-bond donors (Lipinski definition) is 1. The zero-order chi connectivity index (χ0) is 18.2. The van der Waals surface area contributed by atoms with Crippen molar-refractivity contribution in [1.29, 1.82) is 0 Å². The van der Waals surface area contributed by atoms with Crippen LogP contribution in [0.25, 0.3) is 0 Å². The first kappa shape index (κ1) is 17.7. The lowest BCUT2D eigenvalue weighted by Gasteiger charge is -2.18. The zero-order valence-corrected chi connectivity index (χ0v) is 14.9. The molecule has 0 bridgehead atoms. The SMILES string of the molecule is CCOc1ccccc1CNC(=O)C(c1ccccc1)c1ccccc1. The molecule has 0 aliphatic heterocycles. The monoisotopic (exact) mass is 345 g/mol. The van der Waals surface area contributed by atoms with E-state index in [-0.39, 0.29) is 11.8 Å². The third-order valence-electron chi connectivity index (χ3n) is 4.25. The molecule has 0 unspecified atom stereocenters. The maximum absolute atomic E-state index is 13.0. The smallest absolute Gasteiger partial charge is 0.232 e. The number of hydrogen-bond acceptors (Lipinski definition) is 2. The van der Waals surface area contributed by atoms with Crippen molar-refractivity contribution in [2.45, 2.75) is 19.4 Å². The van der Waals surface area contributed by atoms with Crippen molar-refractivity contribution in [3.63, 3.8) is 0 Å². The molecular formula is C23H23NO2. The molecule has 26 heavy (non-hydrogen) atoms. The molecule has 3 aromatic rings. The first-order valence-electron chi connectivity index (χ1n) is 8.88. The Morgan fingerprint density at radius 3 is 1.96 bits per heavy atom. The molecule has 0 aliphatic carbocycles. The predicted molar refractivity (Wildman–Crippen MR) is 104 cm³/mol. The van der Waals surface area contributed by atoms with Gasteiger partial charge in [0.15, 0.2) is 0 Å². The highest BCUT2D eigenvalue weighted by Crippen LogP contribution is 2.25. The van der Waals surface area contributed by atoms with Gasteiger partial charge in [-0.1, -0.05) is 78.9 Å². The van der Waals surface area contributed by atoms with Crippen molar-refractivity contribution in [1.82, 2.24) is 5.32 Å². The second-order valence-electron chi connectivity index (χ2n) is 6.01. The van der Waals surface area contributed by atoms with E-state index >= 15 is 0 Å². The molecule has 0 atom stereocenters. The maximum atomic E-state index is 13.0. The van der Waals surface area contributed by atoms with Crippen LogP contribution in [0.4, 0.5) is 0 Å². The summed E-state index contributed by atoms with van der Waals surface area (Å²) in [5.41, 5.74) is 2.94. The van der Waals surface area contributed by atoms with Crippen LogP contribution in [-0.4, -0.2) is 12.5 Å². The molecule has 0 aromatic heterocycles. The predicted octanol–water partition coefficient (Wildman–Crippen LogP) is 4.53. The van der Waals surface area contributed by atoms with Gasteiger partial charge in [-0.25, -0.2) is 0 Å². The third kappa shape index (κ3) is 4.31. The van der Waals surface area contributed by atoms with Crippen LogP contribution in [-0.2, 0) is 11.3 Å². The van der Waals surface area contributed by atoms with Crippen LogP contribution in [0.2, 0.25) is 0 Å². The van der Waals surface area contributed by atoms with Gasteiger partial charge in [-0.05, 0) is 24.1 Å². The molecular weight excluding hydrogens is 322 g/mol. The third-order valence-corrected chi connectivity index (χ3v) is 4.25. The lowest BCUT2D eigenvalue weighted by Crippen LogP contribution is -2.29. The summed E-state index contributed by atoms with van der Waals surface area (Å²) in [6, 6.07) is 27.5. The van der Waals surface area contributed by atoms with Gasteiger partial charge in [-0.3, -0.25) is 4.79 Å². The van der Waals surface area contributed by atoms with E-state index in [2.05, 4.69) is 5.32 Å². The topological polar surface area (TPSA) is 38.3 Å². The Hall–Kier alpha value is -3.07. The van der Waals surface area contributed by atoms with Gasteiger partial charge in [-0.2, -0.15) is 0 Å². The maximum Gasteiger partial charge on any atom is 0.232 e. The van der Waals surface area contributed by atoms with Crippen LogP contribution in [0.3, 0.4) is 0 Å². The van der Waals surface area contributed by atoms with Gasteiger partial charge in [0, 0.05) is 12.1 Å². The van der Waals surface area contributed by atoms with Crippen molar-refractivity contribution in [3.05, 3.63) is 102 Å². The van der Waals surface area contributed by atoms with Crippen LogP contribution >= 0.6 is 0 Å². The Bertz CT molecular complexity index is 792. The van der Waals surface area contributed by atoms with Crippen LogP contribution < -0.4 is 10.1 Å². The van der Waals surface area contributed by atoms with E-state index in [1.165, 1.54) is 0 Å². The summed E-state index contributed by atoms with van der Waals surface area (Å²) in [5.74, 6) is 0.455. The van der Waals surface area contributed by atoms with Gasteiger partial charge in [0.25, 0.3) is 0 Å². The van der Waals surface area contributed by atoms with Crippen LogP contribution in [0.5, 0.6) is 5.75 Å². The van der Waals surface area contributed by atoms with Gasteiger partial charge in [0.05, 0.1) is 12.5 Å². The Labute approximate surface area is 154 Å². The number of nitrogens with one attached hydrogen (secondary N) is 1. The van der Waals surface area contributed by atoms with E-state index in [1.54, 1.807) is 0 Å². The molecule has 3 nitrogen and oxygen atoms in total. The highest BCUT2D eigenvalue weighted by molar-refractivity contribution is 5.87. The van der Waals surface area contributed by atoms with E-state index < -0.39 is 0 Å². The molecule has 0 fully saturated rings. The number of benzene rings is 3. The molecule has 3 aromatic carbocycles. The fourth-order valence-electron chi connectivity index (χ4n) is 3.02. The van der Waals surface area contributed by atoms with Crippen LogP contribution in [0.15, 0.2) is 84.9 Å². The number of carbonyl (C=O) groups is 1. The van der Waals surface area contributed by atoms with Crippen molar-refractivity contribution in [2.24, 2.45) is 0 Å². The fourth-order valence-corrected chi connectivity index (χ4v) is 3.02. The summed E-state index contributed by atoms with van der Waals surface area (Å²) in [5, 5.41) is 3.08. The number of ether oxygens (including phenoxy) is 1. The van der Waals surface area contributed by atoms with Crippen molar-refractivity contribution in [2.75, 3.05) is 6.61 Å². The minimum atomic E-state index is -0.336. The van der Waals surface area contributed by atoms with Gasteiger partial charge in [0.1, 0.15) is 5.75 Å². The average molecular weight is 345 g/mol. The summed E-state index contributed by atoms with van der Waals surface area (Å²) < 4.78 is 5.65. The van der Waals surface area contributed by atoms with Gasteiger partial charge in [0.2, 0.25) is 5.91 Å². The summed E-state index contributed by atoms with van der Waals surface area (Å²) >= 11 is 0. The standard InChI is InChI=1S/C23H23NO2/c1-2-26-21-16-10-9-15-20(21)17-24-23(25)22(18-11-5-3-6-12-18)19-13-7-4-8-14-19/h3-16,22H,2,17H2,1H3,(H,24,25).